The van der Waals surface area contributed by atoms with E-state index in [9.17, 15) is 9.59 Å². The number of nitrogens with one attached hydrogen (secondary N) is 2. The Morgan fingerprint density at radius 2 is 0.963 bits per heavy atom. The van der Waals surface area contributed by atoms with Gasteiger partial charge in [-0.1, -0.05) is 0 Å². The van der Waals surface area contributed by atoms with E-state index in [-0.39, 0.29) is 18.2 Å². The average molecular weight is 927 g/mol. The third-order valence-electron chi connectivity index (χ3n) is 11.6. The van der Waals surface area contributed by atoms with Crippen molar-refractivity contribution in [2.75, 3.05) is 0 Å². The molecule has 4 nitrogen and oxygen atoms in total. The molecule has 4 aromatic rings. The maximum atomic E-state index is 12.6. The molecule has 0 saturated heterocycles. The Hall–Kier alpha value is -3.18. The molecular weight excluding hydrogens is 873 g/mol. The number of carbonyl (C=O) groups excluding carboxylic acids is 2. The van der Waals surface area contributed by atoms with Crippen LogP contribution < -0.4 is 10.5 Å². The van der Waals surface area contributed by atoms with E-state index in [1.807, 2.05) is 0 Å². The number of carbonyl (C=O) groups is 2. The van der Waals surface area contributed by atoms with E-state index in [0.717, 1.165) is 70.2 Å². The summed E-state index contributed by atoms with van der Waals surface area (Å²) in [4.78, 5) is 25.2. The molecular formula is C46H54BCl2HfN2O2. The number of allylic oxidation sites excluding steroid dienone is 2. The molecule has 2 aliphatic carbocycles. The molecule has 0 spiro atoms. The van der Waals surface area contributed by atoms with E-state index in [0.29, 0.717) is 12.8 Å². The van der Waals surface area contributed by atoms with E-state index in [1.165, 1.54) is 22.3 Å². The summed E-state index contributed by atoms with van der Waals surface area (Å²) in [6, 6.07) is 30.3. The third-order valence-corrected chi connectivity index (χ3v) is 40.3. The van der Waals surface area contributed by atoms with E-state index in [2.05, 4.69) is 163 Å². The fraction of sp³-hybridized carbons (Fsp3) is 0.348. The molecule has 0 fully saturated rings. The summed E-state index contributed by atoms with van der Waals surface area (Å²) in [7, 11) is 17.4. The van der Waals surface area contributed by atoms with Crippen LogP contribution in [0.5, 0.6) is 0 Å². The molecule has 2 atom stereocenters. The van der Waals surface area contributed by atoms with Crippen LogP contribution in [0.25, 0.3) is 34.4 Å². The maximum absolute atomic E-state index is 12.6. The summed E-state index contributed by atoms with van der Waals surface area (Å²) in [5, 5.41) is 6.02. The second-order valence-electron chi connectivity index (χ2n) is 17.2. The summed E-state index contributed by atoms with van der Waals surface area (Å²) in [5.74, 6) is 0. The van der Waals surface area contributed by atoms with E-state index < -0.39 is 20.5 Å². The standard InChI is InChI=1S/2C22H25.C2H3BN2O2.2ClH.Hf/c2*1-5-9-16-14-17-10-8-12-18(20(17)15-16)19-11-6-7-13-21(19)22(2,3)4;6-1-4-3-5-2-7;;;/h2*6-8,10-15H,5,9H2,1-4H3;1-2H,(H-,4,5,6,7);2*1H;/q;;;;;+1/p-1. The Kier molecular flexibility index (Phi) is 11.5. The van der Waals surface area contributed by atoms with Crippen molar-refractivity contribution in [3.63, 3.8) is 0 Å². The minimum atomic E-state index is -6.05. The summed E-state index contributed by atoms with van der Waals surface area (Å²) >= 11 is -6.05. The van der Waals surface area contributed by atoms with Gasteiger partial charge in [-0.15, -0.1) is 0 Å². The van der Waals surface area contributed by atoms with E-state index in [1.54, 1.807) is 0 Å². The summed E-state index contributed by atoms with van der Waals surface area (Å²) in [6.07, 6.45) is 9.30. The van der Waals surface area contributed by atoms with Crippen molar-refractivity contribution in [3.8, 4) is 22.3 Å². The Morgan fingerprint density at radius 3 is 1.31 bits per heavy atom. The van der Waals surface area contributed by atoms with Crippen LogP contribution in [0.4, 0.5) is 0 Å². The monoisotopic (exact) mass is 927 g/mol. The first-order chi connectivity index (χ1) is 25.6. The molecule has 281 valence electrons. The predicted molar refractivity (Wildman–Crippen MR) is 228 cm³/mol. The summed E-state index contributed by atoms with van der Waals surface area (Å²) in [5.41, 5.74) is 13.7. The number of fused-ring (bicyclic) bond motifs is 2. The molecule has 0 saturated carbocycles. The van der Waals surface area contributed by atoms with Crippen LogP contribution in [0.3, 0.4) is 0 Å². The van der Waals surface area contributed by atoms with Crippen molar-refractivity contribution in [1.29, 1.82) is 0 Å². The van der Waals surface area contributed by atoms with Crippen molar-refractivity contribution < 1.29 is 25.5 Å². The quantitative estimate of drug-likeness (QED) is 0.104. The number of amides is 2. The summed E-state index contributed by atoms with van der Waals surface area (Å²) in [6.45, 7) is 17.9. The molecule has 4 aromatic carbocycles. The topological polar surface area (TPSA) is 58.2 Å². The predicted octanol–water partition coefficient (Wildman–Crippen LogP) is 12.3. The first kappa shape index (κ1) is 40.5. The molecule has 0 bridgehead atoms. The molecule has 0 radical (unpaired) electrons. The van der Waals surface area contributed by atoms with Gasteiger partial charge in [-0.05, 0) is 0 Å². The zero-order chi connectivity index (χ0) is 39.1. The SMILES string of the molecule is CCCC1=Cc2c(-c3ccccc3C(C)(C)C)cccc2[CH]1[Hf]([Cl])([Cl])([B](NC=O)NC=O)[CH]1C(CCC)=Cc2c(-c3ccccc3C(C)(C)C)cccc21. The third kappa shape index (κ3) is 6.94. The normalized spacial score (nSPS) is 17.4. The van der Waals surface area contributed by atoms with Crippen LogP contribution in [0, 0.1) is 0 Å². The fourth-order valence-electron chi connectivity index (χ4n) is 9.46. The van der Waals surface area contributed by atoms with Crippen molar-refractivity contribution in [3.05, 3.63) is 129 Å². The Labute approximate surface area is 331 Å². The van der Waals surface area contributed by atoms with Gasteiger partial charge >= 0.3 is 334 Å². The first-order valence-corrected chi connectivity index (χ1v) is 34.6. The molecule has 2 aliphatic rings. The number of halogens is 2. The number of benzene rings is 4. The molecule has 0 heterocycles. The Morgan fingerprint density at radius 1 is 0.593 bits per heavy atom. The molecule has 2 N–H and O–H groups in total. The second-order valence-corrected chi connectivity index (χ2v) is 47.7. The van der Waals surface area contributed by atoms with Gasteiger partial charge in [-0.2, -0.15) is 0 Å². The van der Waals surface area contributed by atoms with Gasteiger partial charge in [-0.3, -0.25) is 0 Å². The van der Waals surface area contributed by atoms with Crippen LogP contribution in [0.15, 0.2) is 96.1 Å². The van der Waals surface area contributed by atoms with E-state index >= 15 is 0 Å². The number of hydrogen-bond acceptors (Lipinski definition) is 2. The van der Waals surface area contributed by atoms with Gasteiger partial charge in [0.05, 0.1) is 0 Å². The molecule has 0 aromatic heterocycles. The number of hydrogen-bond donors (Lipinski definition) is 2. The van der Waals surface area contributed by atoms with Crippen molar-refractivity contribution in [2.24, 2.45) is 0 Å². The van der Waals surface area contributed by atoms with Crippen LogP contribution in [-0.2, 0) is 36.3 Å². The van der Waals surface area contributed by atoms with Crippen LogP contribution in [0.1, 0.15) is 122 Å². The van der Waals surface area contributed by atoms with Crippen molar-refractivity contribution >= 4 is 46.7 Å². The molecule has 2 unspecified atom stereocenters. The Bertz CT molecular complexity index is 2000. The summed E-state index contributed by atoms with van der Waals surface area (Å²) < 4.78 is -1.70. The van der Waals surface area contributed by atoms with E-state index in [4.69, 9.17) is 17.2 Å². The number of rotatable bonds is 13. The molecule has 54 heavy (non-hydrogen) atoms. The van der Waals surface area contributed by atoms with Crippen molar-refractivity contribution in [1.82, 2.24) is 10.5 Å². The van der Waals surface area contributed by atoms with Gasteiger partial charge in [0, 0.05) is 0 Å². The molecule has 0 aliphatic heterocycles. The molecule has 2 amide bonds. The fourth-order valence-corrected chi connectivity index (χ4v) is 39.1. The average Bonchev–Trinajstić information content (AvgIpc) is 3.70. The van der Waals surface area contributed by atoms with Gasteiger partial charge in [-0.25, -0.2) is 0 Å². The first-order valence-electron chi connectivity index (χ1n) is 19.4. The second kappa shape index (κ2) is 15.4. The van der Waals surface area contributed by atoms with Gasteiger partial charge in [0.2, 0.25) is 0 Å². The van der Waals surface area contributed by atoms with Gasteiger partial charge in [0.25, 0.3) is 0 Å². The van der Waals surface area contributed by atoms with Crippen LogP contribution in [-0.4, -0.2) is 17.4 Å². The van der Waals surface area contributed by atoms with Crippen molar-refractivity contribution in [2.45, 2.75) is 99.3 Å². The zero-order valence-electron chi connectivity index (χ0n) is 33.0. The van der Waals surface area contributed by atoms with Gasteiger partial charge < -0.3 is 0 Å². The van der Waals surface area contributed by atoms with Gasteiger partial charge in [0.15, 0.2) is 0 Å². The zero-order valence-corrected chi connectivity index (χ0v) is 38.1. The minimum absolute atomic E-state index is 0.0827. The van der Waals surface area contributed by atoms with Crippen LogP contribution >= 0.6 is 17.2 Å². The van der Waals surface area contributed by atoms with Crippen LogP contribution in [0.2, 0.25) is 0 Å². The Balaban J connectivity index is 1.68. The molecule has 8 heteroatoms. The molecule has 6 rings (SSSR count). The van der Waals surface area contributed by atoms with Gasteiger partial charge in [0.1, 0.15) is 0 Å².